The molecule has 2 heterocycles. The van der Waals surface area contributed by atoms with Gasteiger partial charge >= 0.3 is 5.97 Å². The highest BCUT2D eigenvalue weighted by atomic mass is 16.5. The lowest BCUT2D eigenvalue weighted by molar-refractivity contribution is -0.149. The number of aromatic nitrogens is 2. The number of amides is 1. The lowest BCUT2D eigenvalue weighted by atomic mass is 10.1. The zero-order valence-electron chi connectivity index (χ0n) is 17.6. The maximum Gasteiger partial charge on any atom is 0.331 e. The van der Waals surface area contributed by atoms with Crippen LogP contribution in [0.1, 0.15) is 30.5 Å². The van der Waals surface area contributed by atoms with Gasteiger partial charge in [0.15, 0.2) is 6.10 Å². The molecule has 0 unspecified atom stereocenters. The van der Waals surface area contributed by atoms with E-state index in [0.717, 1.165) is 28.8 Å². The molecule has 1 aromatic heterocycles. The molecule has 0 N–H and O–H groups in total. The molecule has 0 fully saturated rings. The first-order valence-electron chi connectivity index (χ1n) is 10.4. The van der Waals surface area contributed by atoms with Crippen molar-refractivity contribution < 1.29 is 14.3 Å². The molecule has 0 spiro atoms. The van der Waals surface area contributed by atoms with Gasteiger partial charge in [-0.2, -0.15) is 5.10 Å². The number of hydrogen-bond acceptors (Lipinski definition) is 4. The Morgan fingerprint density at radius 2 is 1.90 bits per heavy atom. The SMILES string of the molecule is C[C@H](OC(=O)/C=C/c1cnn(Cc2ccccc2)c1)C(=O)N1c2ccccc2C[C@@H]1C. The molecule has 0 saturated heterocycles. The highest BCUT2D eigenvalue weighted by Crippen LogP contribution is 2.32. The van der Waals surface area contributed by atoms with Gasteiger partial charge in [0, 0.05) is 29.6 Å². The fraction of sp³-hybridized carbons (Fsp3) is 0.240. The van der Waals surface area contributed by atoms with Crippen molar-refractivity contribution in [3.8, 4) is 0 Å². The van der Waals surface area contributed by atoms with E-state index >= 15 is 0 Å². The molecule has 3 aromatic rings. The van der Waals surface area contributed by atoms with Crippen molar-refractivity contribution >= 4 is 23.6 Å². The first-order chi connectivity index (χ1) is 15.0. The van der Waals surface area contributed by atoms with Gasteiger partial charge in [0.25, 0.3) is 5.91 Å². The van der Waals surface area contributed by atoms with Crippen molar-refractivity contribution in [2.24, 2.45) is 0 Å². The molecule has 1 amide bonds. The Hall–Kier alpha value is -3.67. The van der Waals surface area contributed by atoms with Gasteiger partial charge in [-0.15, -0.1) is 0 Å². The third-order valence-corrected chi connectivity index (χ3v) is 5.34. The Balaban J connectivity index is 1.34. The normalized spacial score (nSPS) is 16.3. The Bertz CT molecular complexity index is 1100. The van der Waals surface area contributed by atoms with Crippen LogP contribution in [0.3, 0.4) is 0 Å². The summed E-state index contributed by atoms with van der Waals surface area (Å²) in [6.45, 7) is 4.26. The predicted octanol–water partition coefficient (Wildman–Crippen LogP) is 3.85. The number of hydrogen-bond donors (Lipinski definition) is 0. The number of rotatable bonds is 6. The number of ether oxygens (including phenoxy) is 1. The molecule has 0 saturated carbocycles. The van der Waals surface area contributed by atoms with Crippen LogP contribution in [0.15, 0.2) is 73.1 Å². The van der Waals surface area contributed by atoms with Crippen LogP contribution in [0.2, 0.25) is 0 Å². The molecule has 0 radical (unpaired) electrons. The average molecular weight is 415 g/mol. The summed E-state index contributed by atoms with van der Waals surface area (Å²) in [7, 11) is 0. The van der Waals surface area contributed by atoms with E-state index in [1.165, 1.54) is 6.08 Å². The summed E-state index contributed by atoms with van der Waals surface area (Å²) in [4.78, 5) is 26.9. The van der Waals surface area contributed by atoms with Crippen LogP contribution in [-0.2, 0) is 27.3 Å². The summed E-state index contributed by atoms with van der Waals surface area (Å²) in [6, 6.07) is 17.9. The fourth-order valence-corrected chi connectivity index (χ4v) is 3.85. The highest BCUT2D eigenvalue weighted by molar-refractivity contribution is 6.00. The zero-order chi connectivity index (χ0) is 21.8. The topological polar surface area (TPSA) is 64.4 Å². The summed E-state index contributed by atoms with van der Waals surface area (Å²) in [6.07, 6.45) is 6.44. The molecule has 4 rings (SSSR count). The standard InChI is InChI=1S/C25H25N3O3/c1-18-14-22-10-6-7-11-23(22)28(18)25(30)19(2)31-24(29)13-12-21-15-26-27(17-21)16-20-8-4-3-5-9-20/h3-13,15,17-19H,14,16H2,1-2H3/b13-12+/t18-,19-/m0/s1. The molecule has 6 nitrogen and oxygen atoms in total. The van der Waals surface area contributed by atoms with E-state index in [1.54, 1.807) is 28.8 Å². The predicted molar refractivity (Wildman–Crippen MR) is 119 cm³/mol. The summed E-state index contributed by atoms with van der Waals surface area (Å²) in [5.41, 5.74) is 3.96. The van der Waals surface area contributed by atoms with Gasteiger partial charge in [0.1, 0.15) is 0 Å². The first kappa shape index (κ1) is 20.6. The highest BCUT2D eigenvalue weighted by Gasteiger charge is 2.34. The molecule has 2 aromatic carbocycles. The van der Waals surface area contributed by atoms with E-state index in [2.05, 4.69) is 5.10 Å². The van der Waals surface area contributed by atoms with E-state index in [4.69, 9.17) is 4.74 Å². The van der Waals surface area contributed by atoms with Gasteiger partial charge in [0.2, 0.25) is 0 Å². The van der Waals surface area contributed by atoms with Crippen molar-refractivity contribution in [2.75, 3.05) is 4.90 Å². The van der Waals surface area contributed by atoms with Crippen molar-refractivity contribution in [1.82, 2.24) is 9.78 Å². The minimum Gasteiger partial charge on any atom is -0.449 e. The van der Waals surface area contributed by atoms with Crippen LogP contribution >= 0.6 is 0 Å². The second-order valence-electron chi connectivity index (χ2n) is 7.76. The number of para-hydroxylation sites is 1. The minimum absolute atomic E-state index is 0.0389. The molecule has 0 aliphatic carbocycles. The Labute approximate surface area is 181 Å². The number of fused-ring (bicyclic) bond motifs is 1. The van der Waals surface area contributed by atoms with Gasteiger partial charge in [-0.25, -0.2) is 4.79 Å². The van der Waals surface area contributed by atoms with E-state index in [1.807, 2.05) is 67.7 Å². The molecule has 158 valence electrons. The maximum absolute atomic E-state index is 12.9. The Morgan fingerprint density at radius 3 is 2.71 bits per heavy atom. The van der Waals surface area contributed by atoms with Gasteiger partial charge in [0.05, 0.1) is 12.7 Å². The molecule has 1 aliphatic heterocycles. The van der Waals surface area contributed by atoms with Gasteiger partial charge in [-0.3, -0.25) is 9.48 Å². The van der Waals surface area contributed by atoms with Crippen LogP contribution in [0.25, 0.3) is 6.08 Å². The Morgan fingerprint density at radius 1 is 1.16 bits per heavy atom. The molecule has 31 heavy (non-hydrogen) atoms. The van der Waals surface area contributed by atoms with Crippen LogP contribution < -0.4 is 4.90 Å². The van der Waals surface area contributed by atoms with Gasteiger partial charge in [-0.1, -0.05) is 48.5 Å². The molecule has 1 aliphatic rings. The first-order valence-corrected chi connectivity index (χ1v) is 10.4. The quantitative estimate of drug-likeness (QED) is 0.453. The monoisotopic (exact) mass is 415 g/mol. The molecule has 2 atom stereocenters. The van der Waals surface area contributed by atoms with E-state index in [-0.39, 0.29) is 11.9 Å². The fourth-order valence-electron chi connectivity index (χ4n) is 3.85. The van der Waals surface area contributed by atoms with Gasteiger partial charge in [-0.05, 0) is 43.5 Å². The third-order valence-electron chi connectivity index (χ3n) is 5.34. The number of anilines is 1. The molecule has 0 bridgehead atoms. The summed E-state index contributed by atoms with van der Waals surface area (Å²) < 4.78 is 7.17. The third kappa shape index (κ3) is 4.74. The summed E-state index contributed by atoms with van der Waals surface area (Å²) >= 11 is 0. The Kier molecular flexibility index (Phi) is 5.98. The minimum atomic E-state index is -0.869. The van der Waals surface area contributed by atoms with E-state index in [9.17, 15) is 9.59 Å². The van der Waals surface area contributed by atoms with Crippen LogP contribution in [0.4, 0.5) is 5.69 Å². The second kappa shape index (κ2) is 9.00. The lowest BCUT2D eigenvalue weighted by Gasteiger charge is -2.25. The summed E-state index contributed by atoms with van der Waals surface area (Å²) in [5, 5.41) is 4.31. The van der Waals surface area contributed by atoms with Crippen molar-refractivity contribution in [2.45, 2.75) is 39.0 Å². The van der Waals surface area contributed by atoms with Crippen LogP contribution in [0.5, 0.6) is 0 Å². The number of nitrogens with zero attached hydrogens (tertiary/aromatic N) is 3. The summed E-state index contributed by atoms with van der Waals surface area (Å²) in [5.74, 6) is -0.772. The zero-order valence-corrected chi connectivity index (χ0v) is 17.6. The molecule has 6 heteroatoms. The van der Waals surface area contributed by atoms with E-state index in [0.29, 0.717) is 6.54 Å². The molecular formula is C25H25N3O3. The van der Waals surface area contributed by atoms with Crippen molar-refractivity contribution in [3.63, 3.8) is 0 Å². The number of carbonyl (C=O) groups excluding carboxylic acids is 2. The average Bonchev–Trinajstić information content (AvgIpc) is 3.35. The van der Waals surface area contributed by atoms with Crippen molar-refractivity contribution in [1.29, 1.82) is 0 Å². The molecular weight excluding hydrogens is 390 g/mol. The number of carbonyl (C=O) groups is 2. The smallest absolute Gasteiger partial charge is 0.331 e. The van der Waals surface area contributed by atoms with Crippen molar-refractivity contribution in [3.05, 3.63) is 89.8 Å². The van der Waals surface area contributed by atoms with Crippen LogP contribution in [-0.4, -0.2) is 33.8 Å². The second-order valence-corrected chi connectivity index (χ2v) is 7.76. The van der Waals surface area contributed by atoms with E-state index < -0.39 is 12.1 Å². The lowest BCUT2D eigenvalue weighted by Crippen LogP contribution is -2.43. The van der Waals surface area contributed by atoms with Gasteiger partial charge < -0.3 is 9.64 Å². The largest absolute Gasteiger partial charge is 0.449 e. The maximum atomic E-state index is 12.9. The van der Waals surface area contributed by atoms with Crippen LogP contribution in [0, 0.1) is 0 Å². The number of benzene rings is 2. The number of esters is 1.